The van der Waals surface area contributed by atoms with Crippen molar-refractivity contribution in [2.75, 3.05) is 5.32 Å². The summed E-state index contributed by atoms with van der Waals surface area (Å²) in [6.45, 7) is 3.58. The van der Waals surface area contributed by atoms with Crippen LogP contribution in [-0.2, 0) is 24.2 Å². The van der Waals surface area contributed by atoms with E-state index in [1.807, 2.05) is 0 Å². The Kier molecular flexibility index (Phi) is 8.42. The van der Waals surface area contributed by atoms with Gasteiger partial charge in [-0.2, -0.15) is 5.26 Å². The minimum Gasteiger partial charge on any atom is -0.426 e. The summed E-state index contributed by atoms with van der Waals surface area (Å²) in [6.07, 6.45) is 7.90. The molecule has 1 aliphatic carbocycles. The van der Waals surface area contributed by atoms with Crippen LogP contribution in [0.1, 0.15) is 79.0 Å². The highest BCUT2D eigenvalue weighted by Crippen LogP contribution is 2.26. The van der Waals surface area contributed by atoms with Gasteiger partial charge in [-0.25, -0.2) is 0 Å². The van der Waals surface area contributed by atoms with Gasteiger partial charge in [0.1, 0.15) is 11.3 Å². The highest BCUT2D eigenvalue weighted by molar-refractivity contribution is 6.04. The molecular formula is C26H31N3O4. The van der Waals surface area contributed by atoms with Crippen LogP contribution in [0.25, 0.3) is 0 Å². The van der Waals surface area contributed by atoms with Crippen molar-refractivity contribution in [3.8, 4) is 11.8 Å². The third kappa shape index (κ3) is 6.10. The number of nitriles is 1. The van der Waals surface area contributed by atoms with Gasteiger partial charge in [-0.1, -0.05) is 18.9 Å². The molecule has 0 saturated heterocycles. The number of unbranched alkanes of at least 4 members (excludes halogenated alkanes) is 2. The molecule has 1 aliphatic rings. The van der Waals surface area contributed by atoms with Crippen LogP contribution in [-0.4, -0.2) is 16.4 Å². The molecule has 1 amide bonds. The molecule has 1 aromatic carbocycles. The molecule has 0 atom stereocenters. The molecule has 0 unspecified atom stereocenters. The Bertz CT molecular complexity index is 1130. The lowest BCUT2D eigenvalue weighted by molar-refractivity contribution is -0.131. The highest BCUT2D eigenvalue weighted by atomic mass is 16.5. The number of esters is 1. The zero-order valence-electron chi connectivity index (χ0n) is 19.4. The fourth-order valence-electron chi connectivity index (χ4n) is 4.31. The van der Waals surface area contributed by atoms with Crippen LogP contribution in [0.4, 0.5) is 5.69 Å². The van der Waals surface area contributed by atoms with E-state index in [2.05, 4.69) is 11.4 Å². The molecule has 0 bridgehead atoms. The first-order valence-electron chi connectivity index (χ1n) is 11.6. The third-order valence-electron chi connectivity index (χ3n) is 6.05. The van der Waals surface area contributed by atoms with E-state index in [9.17, 15) is 14.4 Å². The van der Waals surface area contributed by atoms with Crippen molar-refractivity contribution >= 4 is 17.6 Å². The molecule has 174 valence electrons. The molecule has 7 nitrogen and oxygen atoms in total. The average Bonchev–Trinajstić information content (AvgIpc) is 2.75. The Morgan fingerprint density at radius 2 is 1.91 bits per heavy atom. The van der Waals surface area contributed by atoms with Crippen LogP contribution < -0.4 is 15.6 Å². The minimum atomic E-state index is -0.473. The van der Waals surface area contributed by atoms with Gasteiger partial charge in [0.25, 0.3) is 11.5 Å². The summed E-state index contributed by atoms with van der Waals surface area (Å²) < 4.78 is 6.96. The number of aryl methyl sites for hydroxylation is 1. The Balaban J connectivity index is 1.96. The van der Waals surface area contributed by atoms with Gasteiger partial charge in [0.15, 0.2) is 0 Å². The predicted octanol–water partition coefficient (Wildman–Crippen LogP) is 4.69. The highest BCUT2D eigenvalue weighted by Gasteiger charge is 2.21. The lowest BCUT2D eigenvalue weighted by Crippen LogP contribution is -2.33. The number of aromatic nitrogens is 1. The molecule has 0 saturated carbocycles. The van der Waals surface area contributed by atoms with Crippen molar-refractivity contribution in [3.05, 3.63) is 57.0 Å². The van der Waals surface area contributed by atoms with Crippen LogP contribution in [0, 0.1) is 18.3 Å². The number of ether oxygens (including phenoxy) is 1. The third-order valence-corrected chi connectivity index (χ3v) is 6.05. The maximum absolute atomic E-state index is 13.4. The van der Waals surface area contributed by atoms with Gasteiger partial charge < -0.3 is 14.6 Å². The number of nitrogens with one attached hydrogen (secondary N) is 1. The van der Waals surface area contributed by atoms with Crippen molar-refractivity contribution in [2.24, 2.45) is 0 Å². The Labute approximate surface area is 194 Å². The number of rotatable bonds is 7. The van der Waals surface area contributed by atoms with E-state index in [1.165, 1.54) is 6.92 Å². The number of hydrogen-bond acceptors (Lipinski definition) is 5. The monoisotopic (exact) mass is 449 g/mol. The van der Waals surface area contributed by atoms with Gasteiger partial charge >= 0.3 is 5.97 Å². The van der Waals surface area contributed by atoms with Gasteiger partial charge in [0, 0.05) is 36.8 Å². The minimum absolute atomic E-state index is 0.117. The molecule has 1 heterocycles. The number of hydrogen-bond donors (Lipinski definition) is 1. The number of fused-ring (bicyclic) bond motifs is 1. The summed E-state index contributed by atoms with van der Waals surface area (Å²) >= 11 is 0. The molecule has 3 rings (SSSR count). The van der Waals surface area contributed by atoms with E-state index < -0.39 is 11.9 Å². The topological polar surface area (TPSA) is 101 Å². The van der Waals surface area contributed by atoms with Crippen LogP contribution in [0.15, 0.2) is 29.1 Å². The van der Waals surface area contributed by atoms with Crippen molar-refractivity contribution in [3.63, 3.8) is 0 Å². The van der Waals surface area contributed by atoms with Gasteiger partial charge in [0.2, 0.25) is 0 Å². The van der Waals surface area contributed by atoms with Gasteiger partial charge in [0.05, 0.1) is 6.07 Å². The molecule has 0 radical (unpaired) electrons. The first kappa shape index (κ1) is 24.2. The quantitative estimate of drug-likeness (QED) is 0.375. The summed E-state index contributed by atoms with van der Waals surface area (Å²) in [5, 5.41) is 11.7. The molecule has 1 aromatic heterocycles. The van der Waals surface area contributed by atoms with Crippen molar-refractivity contribution < 1.29 is 14.3 Å². The molecule has 0 spiro atoms. The number of anilines is 1. The van der Waals surface area contributed by atoms with Crippen molar-refractivity contribution in [2.45, 2.75) is 78.2 Å². The van der Waals surface area contributed by atoms with Gasteiger partial charge in [-0.05, 0) is 69.2 Å². The second-order valence-corrected chi connectivity index (χ2v) is 8.49. The second kappa shape index (κ2) is 11.5. The lowest BCUT2D eigenvalue weighted by atomic mass is 9.95. The molecule has 2 aromatic rings. The van der Waals surface area contributed by atoms with Crippen LogP contribution >= 0.6 is 0 Å². The van der Waals surface area contributed by atoms with E-state index >= 15 is 0 Å². The largest absolute Gasteiger partial charge is 0.426 e. The normalized spacial score (nSPS) is 13.2. The molecule has 0 fully saturated rings. The van der Waals surface area contributed by atoms with Crippen LogP contribution in [0.5, 0.6) is 5.75 Å². The lowest BCUT2D eigenvalue weighted by Gasteiger charge is -2.21. The second-order valence-electron chi connectivity index (χ2n) is 8.49. The first-order valence-corrected chi connectivity index (χ1v) is 11.6. The van der Waals surface area contributed by atoms with E-state index in [0.29, 0.717) is 36.4 Å². The van der Waals surface area contributed by atoms with E-state index in [-0.39, 0.29) is 11.1 Å². The van der Waals surface area contributed by atoms with Crippen molar-refractivity contribution in [1.82, 2.24) is 4.57 Å². The first-order chi connectivity index (χ1) is 15.9. The molecule has 7 heteroatoms. The maximum Gasteiger partial charge on any atom is 0.308 e. The Morgan fingerprint density at radius 3 is 2.64 bits per heavy atom. The maximum atomic E-state index is 13.4. The zero-order valence-corrected chi connectivity index (χ0v) is 19.4. The number of nitrogens with zero attached hydrogens (tertiary/aromatic N) is 2. The molecular weight excluding hydrogens is 418 g/mol. The van der Waals surface area contributed by atoms with Crippen LogP contribution in [0.3, 0.4) is 0 Å². The molecule has 33 heavy (non-hydrogen) atoms. The van der Waals surface area contributed by atoms with Gasteiger partial charge in [-0.3, -0.25) is 14.4 Å². The number of carbonyl (C=O) groups is 2. The van der Waals surface area contributed by atoms with E-state index in [4.69, 9.17) is 10.00 Å². The number of carbonyl (C=O) groups excluding carboxylic acids is 2. The summed E-state index contributed by atoms with van der Waals surface area (Å²) in [7, 11) is 0. The fraction of sp³-hybridized carbons (Fsp3) is 0.462. The summed E-state index contributed by atoms with van der Waals surface area (Å²) in [6, 6.07) is 8.97. The Hall–Kier alpha value is -3.40. The molecule has 0 aliphatic heterocycles. The smallest absolute Gasteiger partial charge is 0.308 e. The fourth-order valence-corrected chi connectivity index (χ4v) is 4.31. The number of pyridine rings is 1. The molecule has 1 N–H and O–H groups in total. The standard InChI is InChI=1S/C26H31N3O4/c1-18-22(12-10-14-24(18)33-19(2)30)28-25(31)21-17-20-11-6-3-4-7-13-23(20)29(26(21)32)16-9-5-8-15-27/h10,12,14,17H,3-9,11,13,16H2,1-2H3,(H,28,31). The summed E-state index contributed by atoms with van der Waals surface area (Å²) in [5.41, 5.74) is 3.02. The SMILES string of the molecule is CC(=O)Oc1cccc(NC(=O)c2cc3c(n(CCCCC#N)c2=O)CCCCCC3)c1C. The zero-order chi connectivity index (χ0) is 23.8. The van der Waals surface area contributed by atoms with Crippen LogP contribution in [0.2, 0.25) is 0 Å². The van der Waals surface area contributed by atoms with Crippen molar-refractivity contribution in [1.29, 1.82) is 5.26 Å². The predicted molar refractivity (Wildman–Crippen MR) is 126 cm³/mol. The summed E-state index contributed by atoms with van der Waals surface area (Å²) in [5.74, 6) is -0.547. The number of amides is 1. The average molecular weight is 450 g/mol. The van der Waals surface area contributed by atoms with E-state index in [1.54, 1.807) is 35.8 Å². The summed E-state index contributed by atoms with van der Waals surface area (Å²) in [4.78, 5) is 38.0. The number of benzene rings is 1. The van der Waals surface area contributed by atoms with E-state index in [0.717, 1.165) is 56.2 Å². The van der Waals surface area contributed by atoms with Gasteiger partial charge in [-0.15, -0.1) is 0 Å². The Morgan fingerprint density at radius 1 is 1.15 bits per heavy atom.